The van der Waals surface area contributed by atoms with Gasteiger partial charge in [-0.05, 0) is 12.8 Å². The third kappa shape index (κ3) is 1.52. The molecule has 1 saturated carbocycles. The van der Waals surface area contributed by atoms with Gasteiger partial charge in [-0.3, -0.25) is 9.44 Å². The maximum Gasteiger partial charge on any atom is 0.0379 e. The molecule has 4 nitrogen and oxygen atoms in total. The molecule has 5 heteroatoms. The van der Waals surface area contributed by atoms with Gasteiger partial charge < -0.3 is 20.1 Å². The second kappa shape index (κ2) is 2.60. The lowest BCUT2D eigenvalue weighted by atomic mass is 9.92. The van der Waals surface area contributed by atoms with Crippen molar-refractivity contribution in [3.63, 3.8) is 0 Å². The van der Waals surface area contributed by atoms with E-state index in [1.165, 1.54) is 0 Å². The summed E-state index contributed by atoms with van der Waals surface area (Å²) in [5.74, 6) is 0. The Morgan fingerprint density at radius 1 is 1.00 bits per heavy atom. The first kappa shape index (κ1) is 7.82. The average molecular weight is 176 g/mol. The summed E-state index contributed by atoms with van der Waals surface area (Å²) in [6.07, 6.45) is 4.25. The zero-order valence-corrected chi connectivity index (χ0v) is 7.02. The summed E-state index contributed by atoms with van der Waals surface area (Å²) in [6, 6.07) is 0.322. The standard InChI is InChI=1S/C6H14N2O2S/c9-11(10)7-5-3-1-2-4-6(5)8-11/h5-10H,1-4H2/p-2. The quantitative estimate of drug-likeness (QED) is 0.560. The van der Waals surface area contributed by atoms with Crippen molar-refractivity contribution in [1.82, 2.24) is 9.44 Å². The zero-order chi connectivity index (χ0) is 7.90. The van der Waals surface area contributed by atoms with Crippen LogP contribution < -0.4 is 9.44 Å². The molecule has 1 heterocycles. The molecule has 0 radical (unpaired) electrons. The van der Waals surface area contributed by atoms with E-state index in [0.29, 0.717) is 0 Å². The molecule has 1 aliphatic carbocycles. The Bertz CT molecular complexity index is 149. The summed E-state index contributed by atoms with van der Waals surface area (Å²) in [4.78, 5) is 0. The van der Waals surface area contributed by atoms with Gasteiger partial charge in [0.25, 0.3) is 0 Å². The van der Waals surface area contributed by atoms with Crippen LogP contribution in [0.25, 0.3) is 0 Å². The number of nitrogens with one attached hydrogen (secondary N) is 2. The van der Waals surface area contributed by atoms with Gasteiger partial charge in [-0.15, -0.1) is 0 Å². The molecule has 2 atom stereocenters. The van der Waals surface area contributed by atoms with Crippen molar-refractivity contribution in [2.24, 2.45) is 0 Å². The van der Waals surface area contributed by atoms with Crippen LogP contribution in [0.5, 0.6) is 0 Å². The minimum atomic E-state index is -3.13. The molecule has 2 rings (SSSR count). The SMILES string of the molecule is [O-]S1([O-])NC2CCCCC2N1. The predicted molar refractivity (Wildman–Crippen MR) is 41.5 cm³/mol. The highest BCUT2D eigenvalue weighted by atomic mass is 32.3. The Morgan fingerprint density at radius 3 is 1.91 bits per heavy atom. The van der Waals surface area contributed by atoms with Gasteiger partial charge in [0.15, 0.2) is 0 Å². The molecule has 2 aliphatic rings. The molecule has 0 aromatic heterocycles. The lowest BCUT2D eigenvalue weighted by Crippen LogP contribution is -2.36. The topological polar surface area (TPSA) is 70.2 Å². The summed E-state index contributed by atoms with van der Waals surface area (Å²) in [5, 5.41) is 0. The van der Waals surface area contributed by atoms with E-state index in [1.54, 1.807) is 0 Å². The predicted octanol–water partition coefficient (Wildman–Crippen LogP) is 0.386. The second-order valence-corrected chi connectivity index (χ2v) is 4.71. The molecule has 1 aliphatic heterocycles. The first-order valence-corrected chi connectivity index (χ1v) is 5.45. The second-order valence-electron chi connectivity index (χ2n) is 3.24. The van der Waals surface area contributed by atoms with Crippen LogP contribution in [0.4, 0.5) is 0 Å². The summed E-state index contributed by atoms with van der Waals surface area (Å²) < 4.78 is 27.1. The van der Waals surface area contributed by atoms with Crippen molar-refractivity contribution in [2.75, 3.05) is 0 Å². The Hall–Kier alpha value is 0.190. The maximum atomic E-state index is 11.0. The molecule has 1 saturated heterocycles. The van der Waals surface area contributed by atoms with Gasteiger partial charge in [0.05, 0.1) is 0 Å². The molecule has 66 valence electrons. The lowest BCUT2D eigenvalue weighted by molar-refractivity contribution is 0.374. The summed E-state index contributed by atoms with van der Waals surface area (Å²) in [6.45, 7) is 0. The first-order valence-electron chi connectivity index (χ1n) is 3.97. The lowest BCUT2D eigenvalue weighted by Gasteiger charge is -2.56. The van der Waals surface area contributed by atoms with Crippen LogP contribution >= 0.6 is 11.0 Å². The third-order valence-corrected chi connectivity index (χ3v) is 3.61. The van der Waals surface area contributed by atoms with E-state index < -0.39 is 11.0 Å². The van der Waals surface area contributed by atoms with Crippen LogP contribution in [0.15, 0.2) is 0 Å². The molecule has 0 aromatic carbocycles. The van der Waals surface area contributed by atoms with Crippen molar-refractivity contribution in [3.8, 4) is 0 Å². The van der Waals surface area contributed by atoms with Crippen LogP contribution in [-0.2, 0) is 0 Å². The number of fused-ring (bicyclic) bond motifs is 1. The van der Waals surface area contributed by atoms with E-state index in [-0.39, 0.29) is 12.1 Å². The highest BCUT2D eigenvalue weighted by Crippen LogP contribution is 2.40. The Kier molecular flexibility index (Phi) is 1.85. The van der Waals surface area contributed by atoms with E-state index in [0.717, 1.165) is 25.7 Å². The number of hydrogen-bond acceptors (Lipinski definition) is 4. The summed E-state index contributed by atoms with van der Waals surface area (Å²) >= 11 is 0. The minimum Gasteiger partial charge on any atom is -0.774 e. The molecule has 0 aromatic rings. The highest BCUT2D eigenvalue weighted by Gasteiger charge is 2.30. The molecule has 11 heavy (non-hydrogen) atoms. The molecule has 0 bridgehead atoms. The molecule has 2 fully saturated rings. The Balaban J connectivity index is 2.03. The van der Waals surface area contributed by atoms with Crippen LogP contribution in [0.2, 0.25) is 0 Å². The van der Waals surface area contributed by atoms with Crippen molar-refractivity contribution < 1.29 is 9.11 Å². The number of hydrogen-bond donors (Lipinski definition) is 2. The van der Waals surface area contributed by atoms with Gasteiger partial charge in [-0.25, -0.2) is 0 Å². The van der Waals surface area contributed by atoms with E-state index in [4.69, 9.17) is 0 Å². The van der Waals surface area contributed by atoms with Crippen LogP contribution in [-0.4, -0.2) is 21.2 Å². The van der Waals surface area contributed by atoms with Crippen LogP contribution in [0.1, 0.15) is 25.7 Å². The van der Waals surface area contributed by atoms with Crippen molar-refractivity contribution >= 4 is 11.0 Å². The molecular weight excluding hydrogens is 164 g/mol. The fourth-order valence-electron chi connectivity index (χ4n) is 1.85. The van der Waals surface area contributed by atoms with Crippen molar-refractivity contribution in [3.05, 3.63) is 0 Å². The summed E-state index contributed by atoms with van der Waals surface area (Å²) in [7, 11) is -3.13. The maximum absolute atomic E-state index is 11.0. The Labute approximate surface area is 68.0 Å². The zero-order valence-electron chi connectivity index (χ0n) is 6.21. The summed E-state index contributed by atoms with van der Waals surface area (Å²) in [5.41, 5.74) is 0. The molecule has 0 spiro atoms. The smallest absolute Gasteiger partial charge is 0.0379 e. The normalized spacial score (nSPS) is 44.9. The number of rotatable bonds is 0. The van der Waals surface area contributed by atoms with E-state index in [2.05, 4.69) is 9.44 Å². The molecular formula is C6H12N2O2S-2. The van der Waals surface area contributed by atoms with Gasteiger partial charge in [0.1, 0.15) is 0 Å². The van der Waals surface area contributed by atoms with E-state index in [9.17, 15) is 9.11 Å². The van der Waals surface area contributed by atoms with Crippen LogP contribution in [0.3, 0.4) is 0 Å². The van der Waals surface area contributed by atoms with Crippen molar-refractivity contribution in [1.29, 1.82) is 0 Å². The monoisotopic (exact) mass is 176 g/mol. The highest BCUT2D eigenvalue weighted by molar-refractivity contribution is 8.21. The van der Waals surface area contributed by atoms with E-state index in [1.807, 2.05) is 0 Å². The largest absolute Gasteiger partial charge is 0.774 e. The molecule has 0 amide bonds. The first-order chi connectivity index (χ1) is 5.17. The Morgan fingerprint density at radius 2 is 1.45 bits per heavy atom. The average Bonchev–Trinajstić information content (AvgIpc) is 2.21. The van der Waals surface area contributed by atoms with Gasteiger partial charge in [0, 0.05) is 12.1 Å². The van der Waals surface area contributed by atoms with Crippen LogP contribution in [0, 0.1) is 0 Å². The van der Waals surface area contributed by atoms with E-state index >= 15 is 0 Å². The van der Waals surface area contributed by atoms with Crippen molar-refractivity contribution in [2.45, 2.75) is 37.8 Å². The van der Waals surface area contributed by atoms with Gasteiger partial charge in [-0.1, -0.05) is 12.8 Å². The fourth-order valence-corrected chi connectivity index (χ4v) is 3.27. The van der Waals surface area contributed by atoms with Gasteiger partial charge in [-0.2, -0.15) is 0 Å². The minimum absolute atomic E-state index is 0.161. The molecule has 2 unspecified atom stereocenters. The van der Waals surface area contributed by atoms with Gasteiger partial charge in [0.2, 0.25) is 0 Å². The third-order valence-electron chi connectivity index (χ3n) is 2.38. The molecule has 2 N–H and O–H groups in total. The van der Waals surface area contributed by atoms with Gasteiger partial charge >= 0.3 is 0 Å². The fraction of sp³-hybridized carbons (Fsp3) is 1.00.